The Morgan fingerprint density at radius 3 is 3.06 bits per heavy atom. The van der Waals surface area contributed by atoms with Crippen molar-refractivity contribution in [3.63, 3.8) is 0 Å². The zero-order valence-corrected chi connectivity index (χ0v) is 11.9. The molecule has 2 rings (SSSR count). The molecule has 1 aromatic heterocycles. The lowest BCUT2D eigenvalue weighted by Crippen LogP contribution is -2.27. The molecule has 1 aliphatic heterocycles. The zero-order chi connectivity index (χ0) is 13.1. The summed E-state index contributed by atoms with van der Waals surface area (Å²) in [6, 6.07) is 0.335. The Morgan fingerprint density at radius 2 is 2.39 bits per heavy atom. The first kappa shape index (κ1) is 13.6. The third-order valence-corrected chi connectivity index (χ3v) is 3.36. The van der Waals surface area contributed by atoms with Gasteiger partial charge in [-0.05, 0) is 25.3 Å². The highest BCUT2D eigenvalue weighted by atomic mass is 35.5. The van der Waals surface area contributed by atoms with Gasteiger partial charge in [0.15, 0.2) is 0 Å². The van der Waals surface area contributed by atoms with Crippen LogP contribution in [0.5, 0.6) is 0 Å². The topological polar surface area (TPSA) is 34.0 Å². The van der Waals surface area contributed by atoms with Crippen molar-refractivity contribution in [1.82, 2.24) is 19.7 Å². The van der Waals surface area contributed by atoms with Gasteiger partial charge in [-0.15, -0.1) is 10.2 Å². The van der Waals surface area contributed by atoms with Gasteiger partial charge >= 0.3 is 0 Å². The number of hydrogen-bond acceptors (Lipinski definition) is 3. The predicted octanol–water partition coefficient (Wildman–Crippen LogP) is 2.82. The minimum atomic E-state index is 0.335. The van der Waals surface area contributed by atoms with E-state index >= 15 is 0 Å². The second kappa shape index (κ2) is 5.85. The molecule has 0 N–H and O–H groups in total. The lowest BCUT2D eigenvalue weighted by Gasteiger charge is -2.24. The van der Waals surface area contributed by atoms with Gasteiger partial charge < -0.3 is 4.57 Å². The van der Waals surface area contributed by atoms with Crippen molar-refractivity contribution in [2.45, 2.75) is 39.3 Å². The van der Waals surface area contributed by atoms with Crippen molar-refractivity contribution in [2.24, 2.45) is 5.92 Å². The molecule has 0 amide bonds. The number of aromatic nitrogens is 3. The Hall–Kier alpha value is -0.870. The maximum atomic E-state index is 5.93. The molecule has 0 saturated carbocycles. The van der Waals surface area contributed by atoms with E-state index in [-0.39, 0.29) is 0 Å². The van der Waals surface area contributed by atoms with Crippen molar-refractivity contribution in [2.75, 3.05) is 13.1 Å². The van der Waals surface area contributed by atoms with Crippen LogP contribution in [0.4, 0.5) is 0 Å². The summed E-state index contributed by atoms with van der Waals surface area (Å²) in [5, 5.41) is 9.06. The summed E-state index contributed by atoms with van der Waals surface area (Å²) in [7, 11) is 0. The van der Waals surface area contributed by atoms with Crippen LogP contribution >= 0.6 is 11.6 Å². The van der Waals surface area contributed by atoms with Gasteiger partial charge in [0.1, 0.15) is 12.2 Å². The smallest absolute Gasteiger partial charge is 0.150 e. The third-order valence-electron chi connectivity index (χ3n) is 3.24. The second-order valence-corrected chi connectivity index (χ2v) is 5.92. The fourth-order valence-electron chi connectivity index (χ4n) is 2.58. The largest absolute Gasteiger partial charge is 0.316 e. The highest BCUT2D eigenvalue weighted by molar-refractivity contribution is 6.29. The zero-order valence-electron chi connectivity index (χ0n) is 11.1. The van der Waals surface area contributed by atoms with Crippen LogP contribution in [-0.2, 0) is 6.54 Å². The van der Waals surface area contributed by atoms with Gasteiger partial charge in [0.05, 0.1) is 6.04 Å². The molecule has 1 fully saturated rings. The van der Waals surface area contributed by atoms with Crippen LogP contribution in [0.1, 0.15) is 38.6 Å². The molecule has 0 aromatic carbocycles. The molecule has 0 bridgehead atoms. The standard InChI is InChI=1S/C13H21ClN4/c1-10(2)7-18-9-15-16-13(18)12-5-4-6-17(12)8-11(3)14/h9-10,12H,3-8H2,1-2H3/t12-/m1/s1. The van der Waals surface area contributed by atoms with Crippen LogP contribution in [0.15, 0.2) is 17.9 Å². The average molecular weight is 269 g/mol. The van der Waals surface area contributed by atoms with E-state index in [1.807, 2.05) is 6.33 Å². The van der Waals surface area contributed by atoms with E-state index in [4.69, 9.17) is 11.6 Å². The minimum absolute atomic E-state index is 0.335. The summed E-state index contributed by atoms with van der Waals surface area (Å²) < 4.78 is 2.17. The summed E-state index contributed by atoms with van der Waals surface area (Å²) in [4.78, 5) is 2.34. The van der Waals surface area contributed by atoms with Gasteiger partial charge in [0.2, 0.25) is 0 Å². The number of halogens is 1. The number of likely N-dealkylation sites (tertiary alicyclic amines) is 1. The fourth-order valence-corrected chi connectivity index (χ4v) is 2.74. The van der Waals surface area contributed by atoms with Crippen molar-refractivity contribution < 1.29 is 0 Å². The highest BCUT2D eigenvalue weighted by Crippen LogP contribution is 2.31. The van der Waals surface area contributed by atoms with Gasteiger partial charge in [-0.1, -0.05) is 32.0 Å². The lowest BCUT2D eigenvalue weighted by atomic mass is 10.2. The lowest BCUT2D eigenvalue weighted by molar-refractivity contribution is 0.264. The number of rotatable bonds is 5. The van der Waals surface area contributed by atoms with E-state index in [9.17, 15) is 0 Å². The summed E-state index contributed by atoms with van der Waals surface area (Å²) in [6.45, 7) is 11.0. The van der Waals surface area contributed by atoms with Gasteiger partial charge in [0.25, 0.3) is 0 Å². The summed E-state index contributed by atoms with van der Waals surface area (Å²) in [6.07, 6.45) is 4.14. The van der Waals surface area contributed by atoms with Gasteiger partial charge in [0, 0.05) is 18.1 Å². The maximum absolute atomic E-state index is 5.93. The SMILES string of the molecule is C=C(Cl)CN1CCC[C@@H]1c1nncn1CC(C)C. The van der Waals surface area contributed by atoms with Gasteiger partial charge in [-0.2, -0.15) is 0 Å². The molecule has 2 heterocycles. The molecule has 1 saturated heterocycles. The maximum Gasteiger partial charge on any atom is 0.150 e. The minimum Gasteiger partial charge on any atom is -0.316 e. The molecular weight excluding hydrogens is 248 g/mol. The Kier molecular flexibility index (Phi) is 4.40. The van der Waals surface area contributed by atoms with Gasteiger partial charge in [-0.25, -0.2) is 0 Å². The third kappa shape index (κ3) is 3.12. The van der Waals surface area contributed by atoms with Crippen LogP contribution in [-0.4, -0.2) is 32.8 Å². The molecule has 0 unspecified atom stereocenters. The molecule has 1 aliphatic rings. The van der Waals surface area contributed by atoms with E-state index in [1.54, 1.807) is 0 Å². The first-order valence-corrected chi connectivity index (χ1v) is 6.90. The van der Waals surface area contributed by atoms with E-state index in [2.05, 4.69) is 40.1 Å². The van der Waals surface area contributed by atoms with E-state index < -0.39 is 0 Å². The average Bonchev–Trinajstić information content (AvgIpc) is 2.85. The molecule has 5 heteroatoms. The quantitative estimate of drug-likeness (QED) is 0.824. The Labute approximate surface area is 114 Å². The molecule has 18 heavy (non-hydrogen) atoms. The predicted molar refractivity (Wildman–Crippen MR) is 73.4 cm³/mol. The van der Waals surface area contributed by atoms with Crippen LogP contribution in [0.25, 0.3) is 0 Å². The summed E-state index contributed by atoms with van der Waals surface area (Å²) >= 11 is 5.93. The Balaban J connectivity index is 2.14. The summed E-state index contributed by atoms with van der Waals surface area (Å²) in [5.74, 6) is 1.66. The van der Waals surface area contributed by atoms with Crippen LogP contribution in [0, 0.1) is 5.92 Å². The van der Waals surface area contributed by atoms with Crippen molar-refractivity contribution in [1.29, 1.82) is 0 Å². The number of nitrogens with zero attached hydrogens (tertiary/aromatic N) is 4. The Bertz CT molecular complexity index is 413. The van der Waals surface area contributed by atoms with E-state index in [0.717, 1.165) is 31.9 Å². The molecular formula is C13H21ClN4. The molecule has 4 nitrogen and oxygen atoms in total. The van der Waals surface area contributed by atoms with Crippen LogP contribution in [0.3, 0.4) is 0 Å². The van der Waals surface area contributed by atoms with E-state index in [1.165, 1.54) is 6.42 Å². The second-order valence-electron chi connectivity index (χ2n) is 5.38. The molecule has 0 spiro atoms. The molecule has 100 valence electrons. The van der Waals surface area contributed by atoms with Crippen molar-refractivity contribution >= 4 is 11.6 Å². The van der Waals surface area contributed by atoms with Crippen LogP contribution in [0.2, 0.25) is 0 Å². The molecule has 1 atom stereocenters. The van der Waals surface area contributed by atoms with Crippen molar-refractivity contribution in [3.8, 4) is 0 Å². The van der Waals surface area contributed by atoms with Crippen LogP contribution < -0.4 is 0 Å². The normalized spacial score (nSPS) is 20.8. The fraction of sp³-hybridized carbons (Fsp3) is 0.692. The first-order chi connectivity index (χ1) is 8.58. The van der Waals surface area contributed by atoms with Crippen molar-refractivity contribution in [3.05, 3.63) is 23.8 Å². The summed E-state index contributed by atoms with van der Waals surface area (Å²) in [5.41, 5.74) is 0. The monoisotopic (exact) mass is 268 g/mol. The molecule has 1 aromatic rings. The molecule has 0 aliphatic carbocycles. The Morgan fingerprint density at radius 1 is 1.61 bits per heavy atom. The first-order valence-electron chi connectivity index (χ1n) is 6.53. The van der Waals surface area contributed by atoms with Gasteiger partial charge in [-0.3, -0.25) is 4.90 Å². The number of hydrogen-bond donors (Lipinski definition) is 0. The van der Waals surface area contributed by atoms with E-state index in [0.29, 0.717) is 17.0 Å². The highest BCUT2D eigenvalue weighted by Gasteiger charge is 2.29. The molecule has 0 radical (unpaired) electrons.